The summed E-state index contributed by atoms with van der Waals surface area (Å²) in [5.41, 5.74) is 5.46. The number of halogens is 3. The van der Waals surface area contributed by atoms with Crippen LogP contribution in [-0.2, 0) is 6.18 Å². The number of carbonyl (C=O) groups is 1. The first kappa shape index (κ1) is 16.5. The third-order valence-electron chi connectivity index (χ3n) is 3.37. The number of urea groups is 1. The lowest BCUT2D eigenvalue weighted by molar-refractivity contribution is -0.137. The van der Waals surface area contributed by atoms with Crippen molar-refractivity contribution in [2.45, 2.75) is 6.18 Å². The first-order valence-corrected chi connectivity index (χ1v) is 7.10. The molecule has 128 valence electrons. The molecule has 0 fully saturated rings. The van der Waals surface area contributed by atoms with Gasteiger partial charge in [0.2, 0.25) is 0 Å². The number of hydrogen-bond donors (Lipinski definition) is 1. The molecule has 1 heterocycles. The maximum Gasteiger partial charge on any atom is 0.416 e. The van der Waals surface area contributed by atoms with E-state index in [9.17, 15) is 18.0 Å². The first-order valence-electron chi connectivity index (χ1n) is 7.10. The number of para-hydroxylation sites is 1. The average Bonchev–Trinajstić information content (AvgIpc) is 3.04. The standard InChI is InChI=1S/C16H12F3N5O/c17-16(18,19)11-6-8-12(9-7-11)23-10-21-15(22-23)24(14(20)25)13-4-2-1-3-5-13/h1-10H,(H2,20,25). The summed E-state index contributed by atoms with van der Waals surface area (Å²) in [5, 5.41) is 4.12. The first-order chi connectivity index (χ1) is 11.9. The smallest absolute Gasteiger partial charge is 0.351 e. The van der Waals surface area contributed by atoms with Gasteiger partial charge in [0, 0.05) is 0 Å². The molecule has 9 heteroatoms. The topological polar surface area (TPSA) is 77.0 Å². The van der Waals surface area contributed by atoms with Gasteiger partial charge in [-0.2, -0.15) is 18.2 Å². The van der Waals surface area contributed by atoms with Crippen molar-refractivity contribution < 1.29 is 18.0 Å². The van der Waals surface area contributed by atoms with Gasteiger partial charge in [0.15, 0.2) is 0 Å². The fourth-order valence-corrected chi connectivity index (χ4v) is 2.20. The molecule has 0 radical (unpaired) electrons. The summed E-state index contributed by atoms with van der Waals surface area (Å²) in [6.45, 7) is 0. The van der Waals surface area contributed by atoms with E-state index in [0.717, 1.165) is 17.0 Å². The molecule has 0 aliphatic carbocycles. The number of hydrogen-bond acceptors (Lipinski definition) is 3. The highest BCUT2D eigenvalue weighted by Gasteiger charge is 2.30. The molecule has 2 N–H and O–H groups in total. The van der Waals surface area contributed by atoms with Gasteiger partial charge < -0.3 is 5.73 Å². The minimum atomic E-state index is -4.41. The normalized spacial score (nSPS) is 11.3. The molecular weight excluding hydrogens is 335 g/mol. The van der Waals surface area contributed by atoms with Crippen molar-refractivity contribution in [1.82, 2.24) is 14.8 Å². The molecule has 0 saturated heterocycles. The summed E-state index contributed by atoms with van der Waals surface area (Å²) < 4.78 is 39.1. The van der Waals surface area contributed by atoms with Crippen LogP contribution in [0.2, 0.25) is 0 Å². The van der Waals surface area contributed by atoms with Crippen LogP contribution in [0.15, 0.2) is 60.9 Å². The number of anilines is 2. The Labute approximate surface area is 140 Å². The van der Waals surface area contributed by atoms with Crippen molar-refractivity contribution in [3.63, 3.8) is 0 Å². The van der Waals surface area contributed by atoms with E-state index < -0.39 is 17.8 Å². The summed E-state index contributed by atoms with van der Waals surface area (Å²) in [6.07, 6.45) is -3.13. The Kier molecular flexibility index (Phi) is 4.14. The highest BCUT2D eigenvalue weighted by atomic mass is 19.4. The van der Waals surface area contributed by atoms with Crippen LogP contribution >= 0.6 is 0 Å². The Hall–Kier alpha value is -3.36. The Morgan fingerprint density at radius 1 is 1.04 bits per heavy atom. The Morgan fingerprint density at radius 3 is 2.24 bits per heavy atom. The quantitative estimate of drug-likeness (QED) is 0.788. The molecule has 25 heavy (non-hydrogen) atoms. The van der Waals surface area contributed by atoms with Crippen LogP contribution in [-0.4, -0.2) is 20.8 Å². The van der Waals surface area contributed by atoms with Crippen molar-refractivity contribution in [1.29, 1.82) is 0 Å². The van der Waals surface area contributed by atoms with Gasteiger partial charge in [0.1, 0.15) is 6.33 Å². The summed E-state index contributed by atoms with van der Waals surface area (Å²) >= 11 is 0. The zero-order chi connectivity index (χ0) is 18.0. The zero-order valence-corrected chi connectivity index (χ0v) is 12.7. The molecular formula is C16H12F3N5O. The van der Waals surface area contributed by atoms with E-state index >= 15 is 0 Å². The van der Waals surface area contributed by atoms with Gasteiger partial charge in [-0.3, -0.25) is 0 Å². The van der Waals surface area contributed by atoms with Crippen molar-refractivity contribution in [2.75, 3.05) is 4.90 Å². The number of amides is 2. The lowest BCUT2D eigenvalue weighted by Crippen LogP contribution is -2.32. The van der Waals surface area contributed by atoms with E-state index in [2.05, 4.69) is 10.1 Å². The summed E-state index contributed by atoms with van der Waals surface area (Å²) in [6, 6.07) is 12.2. The van der Waals surface area contributed by atoms with E-state index in [0.29, 0.717) is 11.4 Å². The second kappa shape index (κ2) is 6.27. The number of primary amides is 1. The number of alkyl halides is 3. The Bertz CT molecular complexity index is 875. The van der Waals surface area contributed by atoms with Crippen LogP contribution in [0.1, 0.15) is 5.56 Å². The summed E-state index contributed by atoms with van der Waals surface area (Å²) in [5.74, 6) is 0.0126. The highest BCUT2D eigenvalue weighted by molar-refractivity contribution is 5.96. The number of nitrogens with two attached hydrogens (primary N) is 1. The van der Waals surface area contributed by atoms with E-state index in [-0.39, 0.29) is 5.95 Å². The van der Waals surface area contributed by atoms with Gasteiger partial charge in [-0.15, -0.1) is 5.10 Å². The zero-order valence-electron chi connectivity index (χ0n) is 12.7. The van der Waals surface area contributed by atoms with Crippen molar-refractivity contribution >= 4 is 17.7 Å². The maximum absolute atomic E-state index is 12.6. The maximum atomic E-state index is 12.6. The molecule has 0 atom stereocenters. The Balaban J connectivity index is 1.92. The van der Waals surface area contributed by atoms with E-state index in [1.165, 1.54) is 23.1 Å². The second-order valence-corrected chi connectivity index (χ2v) is 5.04. The van der Waals surface area contributed by atoms with E-state index in [1.54, 1.807) is 30.3 Å². The van der Waals surface area contributed by atoms with Crippen LogP contribution in [0, 0.1) is 0 Å². The van der Waals surface area contributed by atoms with Crippen LogP contribution in [0.3, 0.4) is 0 Å². The second-order valence-electron chi connectivity index (χ2n) is 5.04. The lowest BCUT2D eigenvalue weighted by atomic mass is 10.2. The molecule has 3 rings (SSSR count). The van der Waals surface area contributed by atoms with Gasteiger partial charge in [0.05, 0.1) is 16.9 Å². The molecule has 3 aromatic rings. The highest BCUT2D eigenvalue weighted by Crippen LogP contribution is 2.29. The van der Waals surface area contributed by atoms with Gasteiger partial charge in [-0.25, -0.2) is 14.4 Å². The van der Waals surface area contributed by atoms with E-state index in [4.69, 9.17) is 5.73 Å². The molecule has 0 bridgehead atoms. The lowest BCUT2D eigenvalue weighted by Gasteiger charge is -2.16. The Morgan fingerprint density at radius 2 is 1.68 bits per heavy atom. The van der Waals surface area contributed by atoms with Crippen molar-refractivity contribution in [2.24, 2.45) is 5.73 Å². The molecule has 0 saturated carbocycles. The number of aromatic nitrogens is 3. The third kappa shape index (κ3) is 3.44. The predicted molar refractivity (Wildman–Crippen MR) is 84.5 cm³/mol. The largest absolute Gasteiger partial charge is 0.416 e. The molecule has 6 nitrogen and oxygen atoms in total. The summed E-state index contributed by atoms with van der Waals surface area (Å²) in [7, 11) is 0. The molecule has 0 aliphatic rings. The third-order valence-corrected chi connectivity index (χ3v) is 3.37. The van der Waals surface area contributed by atoms with Crippen LogP contribution in [0.4, 0.5) is 29.6 Å². The van der Waals surface area contributed by atoms with Crippen molar-refractivity contribution in [3.8, 4) is 5.69 Å². The fourth-order valence-electron chi connectivity index (χ4n) is 2.20. The molecule has 2 amide bonds. The predicted octanol–water partition coefficient (Wildman–Crippen LogP) is 3.50. The number of benzene rings is 2. The fraction of sp³-hybridized carbons (Fsp3) is 0.0625. The van der Waals surface area contributed by atoms with Crippen molar-refractivity contribution in [3.05, 3.63) is 66.5 Å². The molecule has 1 aromatic heterocycles. The SMILES string of the molecule is NC(=O)N(c1ccccc1)c1ncn(-c2ccc(C(F)(F)F)cc2)n1. The molecule has 0 spiro atoms. The number of carbonyl (C=O) groups excluding carboxylic acids is 1. The molecule has 0 aliphatic heterocycles. The molecule has 2 aromatic carbocycles. The van der Waals surface area contributed by atoms with Crippen LogP contribution in [0.25, 0.3) is 5.69 Å². The van der Waals surface area contributed by atoms with Gasteiger partial charge in [-0.05, 0) is 36.4 Å². The monoisotopic (exact) mass is 347 g/mol. The van der Waals surface area contributed by atoms with Crippen LogP contribution < -0.4 is 10.6 Å². The van der Waals surface area contributed by atoms with E-state index in [1.807, 2.05) is 0 Å². The molecule has 0 unspecified atom stereocenters. The van der Waals surface area contributed by atoms with Gasteiger partial charge >= 0.3 is 12.2 Å². The van der Waals surface area contributed by atoms with Gasteiger partial charge in [-0.1, -0.05) is 18.2 Å². The summed E-state index contributed by atoms with van der Waals surface area (Å²) in [4.78, 5) is 16.8. The minimum absolute atomic E-state index is 0.0126. The number of rotatable bonds is 3. The van der Waals surface area contributed by atoms with Gasteiger partial charge in [0.25, 0.3) is 5.95 Å². The minimum Gasteiger partial charge on any atom is -0.351 e. The average molecular weight is 347 g/mol. The number of nitrogens with zero attached hydrogens (tertiary/aromatic N) is 4. The van der Waals surface area contributed by atoms with Crippen LogP contribution in [0.5, 0.6) is 0 Å².